The maximum atomic E-state index is 11.6. The van der Waals surface area contributed by atoms with E-state index in [-0.39, 0.29) is 6.54 Å². The summed E-state index contributed by atoms with van der Waals surface area (Å²) in [4.78, 5) is 23.1. The van der Waals surface area contributed by atoms with Crippen LogP contribution in [0.15, 0.2) is 54.2 Å². The van der Waals surface area contributed by atoms with Gasteiger partial charge in [0.25, 0.3) is 0 Å². The van der Waals surface area contributed by atoms with Gasteiger partial charge in [-0.3, -0.25) is 9.59 Å². The van der Waals surface area contributed by atoms with Crippen molar-refractivity contribution in [1.29, 1.82) is 0 Å². The number of hydrogen-bond donors (Lipinski definition) is 2. The van der Waals surface area contributed by atoms with Gasteiger partial charge in [0.05, 0.1) is 12.8 Å². The van der Waals surface area contributed by atoms with Crippen LogP contribution in [0.1, 0.15) is 12.5 Å². The van der Waals surface area contributed by atoms with Crippen LogP contribution in [0, 0.1) is 0 Å². The first kappa shape index (κ1) is 17.2. The molecule has 2 aromatic carbocycles. The summed E-state index contributed by atoms with van der Waals surface area (Å²) in [5.41, 5.74) is 2.94. The topological polar surface area (TPSA) is 79.8 Å². The zero-order chi connectivity index (χ0) is 17.4. The number of carbonyl (C=O) groups excluding carboxylic acids is 2. The fraction of sp³-hybridized carbons (Fsp3) is 0.167. The number of fused-ring (bicyclic) bond motifs is 1. The highest BCUT2D eigenvalue weighted by Gasteiger charge is 2.11. The van der Waals surface area contributed by atoms with E-state index in [1.54, 1.807) is 0 Å². The van der Waals surface area contributed by atoms with Crippen molar-refractivity contribution < 1.29 is 14.3 Å². The van der Waals surface area contributed by atoms with Crippen molar-refractivity contribution in [3.8, 4) is 5.75 Å². The molecule has 0 saturated heterocycles. The summed E-state index contributed by atoms with van der Waals surface area (Å²) >= 11 is 0. The Labute approximate surface area is 140 Å². The van der Waals surface area contributed by atoms with Crippen molar-refractivity contribution in [3.63, 3.8) is 0 Å². The highest BCUT2D eigenvalue weighted by Crippen LogP contribution is 2.26. The number of rotatable bonds is 6. The summed E-state index contributed by atoms with van der Waals surface area (Å²) in [7, 11) is 0. The standard InChI is InChI=1S/C18H19N3O3/c1-3-11-19-17(22)18(23)21-20-12-15-14-8-6-5-7-13(14)9-10-16(15)24-4-2/h3,5-10,12H,1,4,11H2,2H3,(H,19,22)(H,21,23)/b20-12-. The van der Waals surface area contributed by atoms with Gasteiger partial charge in [0.2, 0.25) is 0 Å². The lowest BCUT2D eigenvalue weighted by Crippen LogP contribution is -2.37. The van der Waals surface area contributed by atoms with E-state index < -0.39 is 11.8 Å². The molecule has 0 radical (unpaired) electrons. The average Bonchev–Trinajstić information content (AvgIpc) is 2.61. The molecule has 2 rings (SSSR count). The maximum Gasteiger partial charge on any atom is 0.329 e. The van der Waals surface area contributed by atoms with Gasteiger partial charge in [-0.2, -0.15) is 5.10 Å². The summed E-state index contributed by atoms with van der Waals surface area (Å²) in [6.45, 7) is 6.08. The van der Waals surface area contributed by atoms with Crippen molar-refractivity contribution in [1.82, 2.24) is 10.7 Å². The van der Waals surface area contributed by atoms with Gasteiger partial charge in [0, 0.05) is 12.1 Å². The number of nitrogens with one attached hydrogen (secondary N) is 2. The van der Waals surface area contributed by atoms with Crippen LogP contribution < -0.4 is 15.5 Å². The third kappa shape index (κ3) is 4.19. The molecule has 0 spiro atoms. The molecule has 6 heteroatoms. The highest BCUT2D eigenvalue weighted by atomic mass is 16.5. The molecule has 0 aliphatic rings. The van der Waals surface area contributed by atoms with Gasteiger partial charge in [-0.15, -0.1) is 6.58 Å². The minimum Gasteiger partial charge on any atom is -0.493 e. The monoisotopic (exact) mass is 325 g/mol. The van der Waals surface area contributed by atoms with Gasteiger partial charge in [-0.05, 0) is 23.8 Å². The summed E-state index contributed by atoms with van der Waals surface area (Å²) < 4.78 is 5.61. The fourth-order valence-electron chi connectivity index (χ4n) is 2.14. The van der Waals surface area contributed by atoms with Crippen molar-refractivity contribution in [3.05, 3.63) is 54.6 Å². The van der Waals surface area contributed by atoms with Gasteiger partial charge in [-0.1, -0.05) is 36.4 Å². The molecule has 2 N–H and O–H groups in total. The molecule has 6 nitrogen and oxygen atoms in total. The molecule has 2 aromatic rings. The minimum atomic E-state index is -0.841. The van der Waals surface area contributed by atoms with E-state index in [9.17, 15) is 9.59 Å². The van der Waals surface area contributed by atoms with Crippen LogP contribution in [-0.2, 0) is 9.59 Å². The van der Waals surface area contributed by atoms with E-state index in [1.165, 1.54) is 12.3 Å². The molecule has 0 saturated carbocycles. The number of nitrogens with zero attached hydrogens (tertiary/aromatic N) is 1. The number of benzene rings is 2. The smallest absolute Gasteiger partial charge is 0.329 e. The number of hydrogen-bond acceptors (Lipinski definition) is 4. The number of ether oxygens (including phenoxy) is 1. The largest absolute Gasteiger partial charge is 0.493 e. The van der Waals surface area contributed by atoms with Crippen molar-refractivity contribution in [2.24, 2.45) is 5.10 Å². The molecule has 0 fully saturated rings. The summed E-state index contributed by atoms with van der Waals surface area (Å²) in [6.07, 6.45) is 2.96. The Kier molecular flexibility index (Phi) is 6.08. The lowest BCUT2D eigenvalue weighted by atomic mass is 10.0. The third-order valence-corrected chi connectivity index (χ3v) is 3.20. The molecule has 0 aromatic heterocycles. The highest BCUT2D eigenvalue weighted by molar-refractivity contribution is 6.35. The Balaban J connectivity index is 2.21. The van der Waals surface area contributed by atoms with Crippen LogP contribution in [0.3, 0.4) is 0 Å². The van der Waals surface area contributed by atoms with Gasteiger partial charge in [-0.25, -0.2) is 5.43 Å². The molecule has 0 unspecified atom stereocenters. The molecule has 24 heavy (non-hydrogen) atoms. The summed E-state index contributed by atoms with van der Waals surface area (Å²) in [5.74, 6) is -0.952. The van der Waals surface area contributed by atoms with Gasteiger partial charge >= 0.3 is 11.8 Å². The predicted molar refractivity (Wildman–Crippen MR) is 94.1 cm³/mol. The van der Waals surface area contributed by atoms with E-state index >= 15 is 0 Å². The van der Waals surface area contributed by atoms with E-state index in [0.29, 0.717) is 12.4 Å². The first-order valence-corrected chi connectivity index (χ1v) is 7.54. The molecule has 0 aliphatic carbocycles. The normalized spacial score (nSPS) is 10.5. The molecule has 2 amide bonds. The van der Waals surface area contributed by atoms with Crippen LogP contribution >= 0.6 is 0 Å². The van der Waals surface area contributed by atoms with Crippen LogP contribution in [-0.4, -0.2) is 31.2 Å². The lowest BCUT2D eigenvalue weighted by Gasteiger charge is -2.10. The van der Waals surface area contributed by atoms with E-state index in [1.807, 2.05) is 43.3 Å². The van der Waals surface area contributed by atoms with E-state index in [0.717, 1.165) is 16.3 Å². The summed E-state index contributed by atoms with van der Waals surface area (Å²) in [6, 6.07) is 11.6. The number of hydrazone groups is 1. The Morgan fingerprint density at radius 3 is 2.75 bits per heavy atom. The minimum absolute atomic E-state index is 0.216. The van der Waals surface area contributed by atoms with Gasteiger partial charge in [0.1, 0.15) is 5.75 Å². The zero-order valence-corrected chi connectivity index (χ0v) is 13.4. The molecule has 0 heterocycles. The second kappa shape index (κ2) is 8.47. The lowest BCUT2D eigenvalue weighted by molar-refractivity contribution is -0.139. The molecule has 124 valence electrons. The van der Waals surface area contributed by atoms with Gasteiger partial charge in [0.15, 0.2) is 0 Å². The fourth-order valence-corrected chi connectivity index (χ4v) is 2.14. The van der Waals surface area contributed by atoms with Crippen LogP contribution in [0.25, 0.3) is 10.8 Å². The average molecular weight is 325 g/mol. The SMILES string of the molecule is C=CCNC(=O)C(=O)N/N=C\c1c(OCC)ccc2ccccc12. The Bertz CT molecular complexity index is 784. The first-order chi connectivity index (χ1) is 11.7. The zero-order valence-electron chi connectivity index (χ0n) is 13.4. The van der Waals surface area contributed by atoms with E-state index in [2.05, 4.69) is 22.4 Å². The summed E-state index contributed by atoms with van der Waals surface area (Å²) in [5, 5.41) is 8.21. The number of amides is 2. The maximum absolute atomic E-state index is 11.6. The molecule has 0 bridgehead atoms. The van der Waals surface area contributed by atoms with Crippen LogP contribution in [0.2, 0.25) is 0 Å². The van der Waals surface area contributed by atoms with Crippen molar-refractivity contribution in [2.45, 2.75) is 6.92 Å². The Morgan fingerprint density at radius 2 is 2.00 bits per heavy atom. The van der Waals surface area contributed by atoms with Crippen LogP contribution in [0.4, 0.5) is 0 Å². The Hall–Kier alpha value is -3.15. The third-order valence-electron chi connectivity index (χ3n) is 3.20. The van der Waals surface area contributed by atoms with Crippen molar-refractivity contribution in [2.75, 3.05) is 13.2 Å². The molecule has 0 atom stereocenters. The molecular weight excluding hydrogens is 306 g/mol. The quantitative estimate of drug-likeness (QED) is 0.369. The molecular formula is C18H19N3O3. The second-order valence-corrected chi connectivity index (χ2v) is 4.83. The first-order valence-electron chi connectivity index (χ1n) is 7.54. The molecule has 0 aliphatic heterocycles. The van der Waals surface area contributed by atoms with E-state index in [4.69, 9.17) is 4.74 Å². The van der Waals surface area contributed by atoms with Gasteiger partial charge < -0.3 is 10.1 Å². The Morgan fingerprint density at radius 1 is 1.21 bits per heavy atom. The second-order valence-electron chi connectivity index (χ2n) is 4.83. The van der Waals surface area contributed by atoms with Crippen molar-refractivity contribution >= 4 is 28.8 Å². The number of carbonyl (C=O) groups is 2. The van der Waals surface area contributed by atoms with Crippen LogP contribution in [0.5, 0.6) is 5.75 Å². The predicted octanol–water partition coefficient (Wildman–Crippen LogP) is 1.99.